The smallest absolute Gasteiger partial charge is 0.134 e. The molecule has 2 N–H and O–H groups in total. The van der Waals surface area contributed by atoms with Gasteiger partial charge in [-0.15, -0.1) is 0 Å². The van der Waals surface area contributed by atoms with Gasteiger partial charge in [-0.3, -0.25) is 0 Å². The van der Waals surface area contributed by atoms with Crippen LogP contribution in [0, 0.1) is 13.8 Å². The van der Waals surface area contributed by atoms with Gasteiger partial charge in [0, 0.05) is 24.8 Å². The molecule has 2 aromatic rings. The lowest BCUT2D eigenvalue weighted by atomic mass is 10.0. The van der Waals surface area contributed by atoms with E-state index in [9.17, 15) is 0 Å². The molecule has 1 aromatic carbocycles. The molecule has 25 heavy (non-hydrogen) atoms. The van der Waals surface area contributed by atoms with Crippen LogP contribution in [0.1, 0.15) is 42.1 Å². The van der Waals surface area contributed by atoms with E-state index < -0.39 is 0 Å². The summed E-state index contributed by atoms with van der Waals surface area (Å²) in [6, 6.07) is 5.99. The molecule has 5 nitrogen and oxygen atoms in total. The zero-order valence-electron chi connectivity index (χ0n) is 15.8. The third kappa shape index (κ3) is 5.43. The normalized spacial score (nSPS) is 10.9. The SMILES string of the molecule is CCOCCc1ccc(OCCc2nc(N)cc(CC)n2)c(C)c1C. The molecule has 0 aliphatic carbocycles. The van der Waals surface area contributed by atoms with Gasteiger partial charge >= 0.3 is 0 Å². The fraction of sp³-hybridized carbons (Fsp3) is 0.500. The maximum absolute atomic E-state index is 5.96. The van der Waals surface area contributed by atoms with Crippen molar-refractivity contribution in [3.8, 4) is 5.75 Å². The molecule has 1 aromatic heterocycles. The second-order valence-electron chi connectivity index (χ2n) is 6.07. The van der Waals surface area contributed by atoms with Gasteiger partial charge in [0.2, 0.25) is 0 Å². The second-order valence-corrected chi connectivity index (χ2v) is 6.07. The predicted molar refractivity (Wildman–Crippen MR) is 101 cm³/mol. The Kier molecular flexibility index (Phi) is 7.19. The molecule has 0 fully saturated rings. The van der Waals surface area contributed by atoms with Crippen LogP contribution in [0.2, 0.25) is 0 Å². The van der Waals surface area contributed by atoms with Gasteiger partial charge in [0.25, 0.3) is 0 Å². The van der Waals surface area contributed by atoms with Crippen LogP contribution in [0.3, 0.4) is 0 Å². The number of nitrogens with zero attached hydrogens (tertiary/aromatic N) is 2. The third-order valence-corrected chi connectivity index (χ3v) is 4.36. The van der Waals surface area contributed by atoms with E-state index in [0.29, 0.717) is 18.8 Å². The van der Waals surface area contributed by atoms with Crippen LogP contribution in [-0.2, 0) is 24.0 Å². The number of anilines is 1. The number of rotatable bonds is 9. The Bertz CT molecular complexity index is 702. The van der Waals surface area contributed by atoms with E-state index in [1.54, 1.807) is 0 Å². The van der Waals surface area contributed by atoms with Crippen LogP contribution in [0.5, 0.6) is 5.75 Å². The summed E-state index contributed by atoms with van der Waals surface area (Å²) in [4.78, 5) is 8.78. The quantitative estimate of drug-likeness (QED) is 0.706. The highest BCUT2D eigenvalue weighted by Gasteiger charge is 2.08. The molecule has 0 aliphatic rings. The van der Waals surface area contributed by atoms with E-state index in [1.165, 1.54) is 16.7 Å². The molecule has 0 radical (unpaired) electrons. The monoisotopic (exact) mass is 343 g/mol. The lowest BCUT2D eigenvalue weighted by Crippen LogP contribution is -2.09. The Morgan fingerprint density at radius 2 is 1.80 bits per heavy atom. The van der Waals surface area contributed by atoms with Gasteiger partial charge in [-0.1, -0.05) is 13.0 Å². The molecule has 0 atom stereocenters. The molecule has 0 saturated heterocycles. The minimum atomic E-state index is 0.521. The van der Waals surface area contributed by atoms with E-state index >= 15 is 0 Å². The van der Waals surface area contributed by atoms with Crippen LogP contribution >= 0.6 is 0 Å². The highest BCUT2D eigenvalue weighted by molar-refractivity contribution is 5.43. The number of nitrogen functional groups attached to an aromatic ring is 1. The number of nitrogens with two attached hydrogens (primary N) is 1. The average Bonchev–Trinajstić information content (AvgIpc) is 2.60. The molecule has 1 heterocycles. The Labute approximate surface area is 150 Å². The number of aromatic nitrogens is 2. The molecule has 0 aliphatic heterocycles. The van der Waals surface area contributed by atoms with Crippen LogP contribution in [0.25, 0.3) is 0 Å². The zero-order chi connectivity index (χ0) is 18.2. The minimum absolute atomic E-state index is 0.521. The summed E-state index contributed by atoms with van der Waals surface area (Å²) in [6.07, 6.45) is 2.42. The number of hydrogen-bond acceptors (Lipinski definition) is 5. The van der Waals surface area contributed by atoms with Crippen LogP contribution in [-0.4, -0.2) is 29.8 Å². The Morgan fingerprint density at radius 3 is 2.52 bits per heavy atom. The van der Waals surface area contributed by atoms with E-state index in [1.807, 2.05) is 19.1 Å². The predicted octanol–water partition coefficient (Wildman–Crippen LogP) is 3.44. The van der Waals surface area contributed by atoms with E-state index in [2.05, 4.69) is 36.8 Å². The summed E-state index contributed by atoms with van der Waals surface area (Å²) >= 11 is 0. The fourth-order valence-electron chi connectivity index (χ4n) is 2.73. The van der Waals surface area contributed by atoms with Crippen molar-refractivity contribution in [2.75, 3.05) is 25.6 Å². The molecule has 5 heteroatoms. The number of benzene rings is 1. The summed E-state index contributed by atoms with van der Waals surface area (Å²) in [5.41, 5.74) is 10.5. The molecule has 136 valence electrons. The van der Waals surface area contributed by atoms with Gasteiger partial charge in [-0.05, 0) is 56.4 Å². The van der Waals surface area contributed by atoms with Crippen molar-refractivity contribution in [2.24, 2.45) is 0 Å². The second kappa shape index (κ2) is 9.37. The number of ether oxygens (including phenoxy) is 2. The first-order valence-electron chi connectivity index (χ1n) is 8.97. The van der Waals surface area contributed by atoms with Gasteiger partial charge in [-0.2, -0.15) is 0 Å². The summed E-state index contributed by atoms with van der Waals surface area (Å²) in [5, 5.41) is 0. The molecular formula is C20H29N3O2. The van der Waals surface area contributed by atoms with Crippen molar-refractivity contribution in [3.05, 3.63) is 46.4 Å². The van der Waals surface area contributed by atoms with Crippen molar-refractivity contribution in [1.82, 2.24) is 9.97 Å². The van der Waals surface area contributed by atoms with Crippen molar-refractivity contribution >= 4 is 5.82 Å². The van der Waals surface area contributed by atoms with Gasteiger partial charge in [0.15, 0.2) is 0 Å². The lowest BCUT2D eigenvalue weighted by molar-refractivity contribution is 0.151. The van der Waals surface area contributed by atoms with Crippen LogP contribution in [0.4, 0.5) is 5.82 Å². The first-order valence-corrected chi connectivity index (χ1v) is 8.97. The number of hydrogen-bond donors (Lipinski definition) is 1. The van der Waals surface area contributed by atoms with Gasteiger partial charge in [-0.25, -0.2) is 9.97 Å². The fourth-order valence-corrected chi connectivity index (χ4v) is 2.73. The van der Waals surface area contributed by atoms with E-state index in [4.69, 9.17) is 15.2 Å². The Hall–Kier alpha value is -2.14. The maximum Gasteiger partial charge on any atom is 0.134 e. The molecule has 0 saturated carbocycles. The molecular weight excluding hydrogens is 314 g/mol. The van der Waals surface area contributed by atoms with Crippen molar-refractivity contribution in [1.29, 1.82) is 0 Å². The minimum Gasteiger partial charge on any atom is -0.493 e. The molecule has 0 bridgehead atoms. The van der Waals surface area contributed by atoms with E-state index in [-0.39, 0.29) is 0 Å². The number of aryl methyl sites for hydroxylation is 1. The highest BCUT2D eigenvalue weighted by Crippen LogP contribution is 2.25. The summed E-state index contributed by atoms with van der Waals surface area (Å²) in [7, 11) is 0. The molecule has 2 rings (SSSR count). The zero-order valence-corrected chi connectivity index (χ0v) is 15.8. The summed E-state index contributed by atoms with van der Waals surface area (Å²) in [5.74, 6) is 2.17. The summed E-state index contributed by atoms with van der Waals surface area (Å²) < 4.78 is 11.4. The Balaban J connectivity index is 1.97. The molecule has 0 unspecified atom stereocenters. The van der Waals surface area contributed by atoms with Crippen molar-refractivity contribution in [3.63, 3.8) is 0 Å². The van der Waals surface area contributed by atoms with Crippen molar-refractivity contribution < 1.29 is 9.47 Å². The van der Waals surface area contributed by atoms with Gasteiger partial charge in [0.05, 0.1) is 13.2 Å². The van der Waals surface area contributed by atoms with Crippen LogP contribution in [0.15, 0.2) is 18.2 Å². The maximum atomic E-state index is 5.96. The topological polar surface area (TPSA) is 70.3 Å². The largest absolute Gasteiger partial charge is 0.493 e. The first kappa shape index (κ1) is 19.2. The van der Waals surface area contributed by atoms with Crippen molar-refractivity contribution in [2.45, 2.75) is 47.0 Å². The van der Waals surface area contributed by atoms with Gasteiger partial charge < -0.3 is 15.2 Å². The average molecular weight is 343 g/mol. The standard InChI is InChI=1S/C20H29N3O2/c1-5-17-13-19(21)23-20(22-17)10-12-25-18-8-7-16(9-11-24-6-2)14(3)15(18)4/h7-8,13H,5-6,9-12H2,1-4H3,(H2,21,22,23). The van der Waals surface area contributed by atoms with E-state index in [0.717, 1.165) is 43.3 Å². The third-order valence-electron chi connectivity index (χ3n) is 4.36. The lowest BCUT2D eigenvalue weighted by Gasteiger charge is -2.14. The Morgan fingerprint density at radius 1 is 1.00 bits per heavy atom. The molecule has 0 spiro atoms. The van der Waals surface area contributed by atoms with Crippen LogP contribution < -0.4 is 10.5 Å². The van der Waals surface area contributed by atoms with Gasteiger partial charge in [0.1, 0.15) is 17.4 Å². The highest BCUT2D eigenvalue weighted by atomic mass is 16.5. The molecule has 0 amide bonds. The summed E-state index contributed by atoms with van der Waals surface area (Å²) in [6.45, 7) is 10.3. The first-order chi connectivity index (χ1) is 12.0.